The first-order valence-corrected chi connectivity index (χ1v) is 7.28. The minimum atomic E-state index is -0.949. The Labute approximate surface area is 122 Å². The van der Waals surface area contributed by atoms with Crippen LogP contribution in [-0.4, -0.2) is 57.5 Å². The molecule has 3 heterocycles. The lowest BCUT2D eigenvalue weighted by Crippen LogP contribution is -2.40. The molecule has 1 aromatic heterocycles. The number of nitrogens with zero attached hydrogens (tertiary/aromatic N) is 4. The second kappa shape index (κ2) is 5.67. The van der Waals surface area contributed by atoms with E-state index < -0.39 is 12.0 Å². The number of aliphatic carboxylic acids is 1. The van der Waals surface area contributed by atoms with Gasteiger partial charge in [0.1, 0.15) is 11.7 Å². The Kier molecular flexibility index (Phi) is 3.72. The maximum Gasteiger partial charge on any atom is 0.326 e. The van der Waals surface area contributed by atoms with Crippen molar-refractivity contribution < 1.29 is 14.7 Å². The Bertz CT molecular complexity index is 557. The minimum absolute atomic E-state index is 0.278. The summed E-state index contributed by atoms with van der Waals surface area (Å²) in [6, 6.07) is 0.821. The number of rotatable bonds is 3. The van der Waals surface area contributed by atoms with E-state index >= 15 is 0 Å². The summed E-state index contributed by atoms with van der Waals surface area (Å²) in [5.41, 5.74) is 0.278. The number of carbonyl (C=O) groups excluding carboxylic acids is 1. The second-order valence-corrected chi connectivity index (χ2v) is 5.43. The zero-order chi connectivity index (χ0) is 14.8. The summed E-state index contributed by atoms with van der Waals surface area (Å²) in [7, 11) is 0. The molecule has 0 aromatic carbocycles. The summed E-state index contributed by atoms with van der Waals surface area (Å²) < 4.78 is 0. The maximum atomic E-state index is 12.5. The van der Waals surface area contributed by atoms with Gasteiger partial charge in [0.15, 0.2) is 0 Å². The second-order valence-electron chi connectivity index (χ2n) is 5.43. The van der Waals surface area contributed by atoms with Crippen molar-refractivity contribution in [2.45, 2.75) is 31.7 Å². The Morgan fingerprint density at radius 1 is 1.19 bits per heavy atom. The maximum absolute atomic E-state index is 12.5. The standard InChI is InChI=1S/C14H18N4O3/c19-12(18-9-3-4-11(18)13(20)21)10-5-6-15-14(16-10)17-7-1-2-8-17/h5-6,11H,1-4,7-9H2,(H,20,21). The number of carbonyl (C=O) groups is 2. The van der Waals surface area contributed by atoms with Crippen LogP contribution in [0.2, 0.25) is 0 Å². The first-order valence-electron chi connectivity index (χ1n) is 7.28. The summed E-state index contributed by atoms with van der Waals surface area (Å²) >= 11 is 0. The van der Waals surface area contributed by atoms with Gasteiger partial charge in [0.2, 0.25) is 5.95 Å². The zero-order valence-corrected chi connectivity index (χ0v) is 11.7. The summed E-state index contributed by atoms with van der Waals surface area (Å²) in [5, 5.41) is 9.17. The number of likely N-dealkylation sites (tertiary alicyclic amines) is 1. The summed E-state index contributed by atoms with van der Waals surface area (Å²) in [4.78, 5) is 35.7. The fraction of sp³-hybridized carbons (Fsp3) is 0.571. The summed E-state index contributed by atoms with van der Waals surface area (Å²) in [6.07, 6.45) is 5.00. The smallest absolute Gasteiger partial charge is 0.326 e. The average Bonchev–Trinajstić information content (AvgIpc) is 3.17. The molecule has 0 spiro atoms. The molecule has 0 radical (unpaired) electrons. The van der Waals surface area contributed by atoms with E-state index in [4.69, 9.17) is 0 Å². The van der Waals surface area contributed by atoms with Crippen LogP contribution >= 0.6 is 0 Å². The van der Waals surface area contributed by atoms with Crippen LogP contribution in [0.5, 0.6) is 0 Å². The van der Waals surface area contributed by atoms with Crippen LogP contribution in [-0.2, 0) is 4.79 Å². The molecule has 2 saturated heterocycles. The number of carboxylic acid groups (broad SMARTS) is 1. The van der Waals surface area contributed by atoms with Gasteiger partial charge < -0.3 is 14.9 Å². The number of amides is 1. The molecule has 2 aliphatic rings. The first kappa shape index (κ1) is 13.8. The number of hydrogen-bond donors (Lipinski definition) is 1. The SMILES string of the molecule is O=C(O)C1CCCN1C(=O)c1ccnc(N2CCCC2)n1. The highest BCUT2D eigenvalue weighted by molar-refractivity contribution is 5.95. The molecule has 1 N–H and O–H groups in total. The van der Waals surface area contributed by atoms with Gasteiger partial charge in [-0.25, -0.2) is 14.8 Å². The molecular weight excluding hydrogens is 272 g/mol. The molecule has 0 aliphatic carbocycles. The Hall–Kier alpha value is -2.18. The lowest BCUT2D eigenvalue weighted by molar-refractivity contribution is -0.141. The van der Waals surface area contributed by atoms with Gasteiger partial charge in [0, 0.05) is 25.8 Å². The molecule has 1 amide bonds. The van der Waals surface area contributed by atoms with Gasteiger partial charge in [-0.3, -0.25) is 4.79 Å². The fourth-order valence-electron chi connectivity index (χ4n) is 2.95. The molecular formula is C14H18N4O3. The van der Waals surface area contributed by atoms with Crippen LogP contribution in [0.1, 0.15) is 36.2 Å². The molecule has 2 aliphatic heterocycles. The summed E-state index contributed by atoms with van der Waals surface area (Å²) in [6.45, 7) is 2.27. The van der Waals surface area contributed by atoms with Crippen LogP contribution in [0.25, 0.3) is 0 Å². The van der Waals surface area contributed by atoms with E-state index in [0.29, 0.717) is 25.3 Å². The van der Waals surface area contributed by atoms with E-state index in [2.05, 4.69) is 14.9 Å². The molecule has 0 bridgehead atoms. The van der Waals surface area contributed by atoms with Crippen LogP contribution in [0.3, 0.4) is 0 Å². The van der Waals surface area contributed by atoms with E-state index in [-0.39, 0.29) is 11.6 Å². The molecule has 7 nitrogen and oxygen atoms in total. The van der Waals surface area contributed by atoms with Gasteiger partial charge >= 0.3 is 5.97 Å². The Morgan fingerprint density at radius 2 is 1.95 bits per heavy atom. The van der Waals surface area contributed by atoms with Crippen LogP contribution in [0.4, 0.5) is 5.95 Å². The largest absolute Gasteiger partial charge is 0.480 e. The number of hydrogen-bond acceptors (Lipinski definition) is 5. The van der Waals surface area contributed by atoms with Gasteiger partial charge in [-0.15, -0.1) is 0 Å². The zero-order valence-electron chi connectivity index (χ0n) is 11.7. The predicted octanol–water partition coefficient (Wildman–Crippen LogP) is 0.766. The molecule has 1 unspecified atom stereocenters. The molecule has 21 heavy (non-hydrogen) atoms. The van der Waals surface area contributed by atoms with E-state index in [1.165, 1.54) is 4.90 Å². The van der Waals surface area contributed by atoms with Crippen LogP contribution in [0, 0.1) is 0 Å². The number of anilines is 1. The van der Waals surface area contributed by atoms with Crippen molar-refractivity contribution in [1.82, 2.24) is 14.9 Å². The third-order valence-electron chi connectivity index (χ3n) is 4.05. The molecule has 3 rings (SSSR count). The van der Waals surface area contributed by atoms with Gasteiger partial charge in [-0.05, 0) is 31.7 Å². The molecule has 0 saturated carbocycles. The van der Waals surface area contributed by atoms with Gasteiger partial charge in [0.05, 0.1) is 0 Å². The Balaban J connectivity index is 1.81. The van der Waals surface area contributed by atoms with Gasteiger partial charge in [-0.1, -0.05) is 0 Å². The van der Waals surface area contributed by atoms with Crippen LogP contribution < -0.4 is 4.90 Å². The lowest BCUT2D eigenvalue weighted by Gasteiger charge is -2.21. The molecule has 1 aromatic rings. The molecule has 2 fully saturated rings. The fourth-order valence-corrected chi connectivity index (χ4v) is 2.95. The van der Waals surface area contributed by atoms with Crippen molar-refractivity contribution >= 4 is 17.8 Å². The van der Waals surface area contributed by atoms with E-state index in [0.717, 1.165) is 25.9 Å². The number of aromatic nitrogens is 2. The quantitative estimate of drug-likeness (QED) is 0.884. The number of carboxylic acids is 1. The molecule has 1 atom stereocenters. The summed E-state index contributed by atoms with van der Waals surface area (Å²) in [5.74, 6) is -0.707. The van der Waals surface area contributed by atoms with E-state index in [1.54, 1.807) is 12.3 Å². The monoisotopic (exact) mass is 290 g/mol. The van der Waals surface area contributed by atoms with Crippen LogP contribution in [0.15, 0.2) is 12.3 Å². The first-order chi connectivity index (χ1) is 10.2. The van der Waals surface area contributed by atoms with Crippen molar-refractivity contribution in [2.24, 2.45) is 0 Å². The highest BCUT2D eigenvalue weighted by Crippen LogP contribution is 2.21. The van der Waals surface area contributed by atoms with Gasteiger partial charge in [-0.2, -0.15) is 0 Å². The van der Waals surface area contributed by atoms with Crippen molar-refractivity contribution in [3.8, 4) is 0 Å². The third kappa shape index (κ3) is 2.68. The van der Waals surface area contributed by atoms with E-state index in [9.17, 15) is 14.7 Å². The highest BCUT2D eigenvalue weighted by Gasteiger charge is 2.35. The topological polar surface area (TPSA) is 86.6 Å². The van der Waals surface area contributed by atoms with E-state index in [1.807, 2.05) is 0 Å². The van der Waals surface area contributed by atoms with Crippen molar-refractivity contribution in [1.29, 1.82) is 0 Å². The average molecular weight is 290 g/mol. The minimum Gasteiger partial charge on any atom is -0.480 e. The van der Waals surface area contributed by atoms with Crippen molar-refractivity contribution in [2.75, 3.05) is 24.5 Å². The lowest BCUT2D eigenvalue weighted by atomic mass is 10.2. The predicted molar refractivity (Wildman–Crippen MR) is 75.2 cm³/mol. The molecule has 7 heteroatoms. The Morgan fingerprint density at radius 3 is 2.67 bits per heavy atom. The highest BCUT2D eigenvalue weighted by atomic mass is 16.4. The van der Waals surface area contributed by atoms with Crippen molar-refractivity contribution in [3.05, 3.63) is 18.0 Å². The van der Waals surface area contributed by atoms with Gasteiger partial charge in [0.25, 0.3) is 5.91 Å². The normalized spacial score (nSPS) is 21.8. The van der Waals surface area contributed by atoms with Crippen molar-refractivity contribution in [3.63, 3.8) is 0 Å². The third-order valence-corrected chi connectivity index (χ3v) is 4.05. The molecule has 112 valence electrons.